The molecule has 0 aromatic heterocycles. The molecule has 160 valence electrons. The summed E-state index contributed by atoms with van der Waals surface area (Å²) in [6.07, 6.45) is -0.511. The second-order valence-corrected chi connectivity index (χ2v) is 7.64. The van der Waals surface area contributed by atoms with Gasteiger partial charge in [0.05, 0.1) is 12.6 Å². The predicted octanol–water partition coefficient (Wildman–Crippen LogP) is 2.43. The van der Waals surface area contributed by atoms with Crippen LogP contribution in [0.5, 0.6) is 0 Å². The Hall–Kier alpha value is -2.61. The van der Waals surface area contributed by atoms with Gasteiger partial charge in [0.1, 0.15) is 12.6 Å². The van der Waals surface area contributed by atoms with E-state index in [2.05, 4.69) is 10.6 Å². The molecule has 1 aromatic carbocycles. The number of ether oxygens (including phenoxy) is 3. The summed E-state index contributed by atoms with van der Waals surface area (Å²) in [7, 11) is 0. The molecule has 2 N–H and O–H groups in total. The standard InChI is InChI=1S/C21H30N2O6/c1-13(2)11-18(19(25)22-17-9-10-27-20(17)29-15(4)24)23-21(26)28-12-16-7-5-14(3)6-8-16/h5-8,13,17-18,20H,9-12H2,1-4H3,(H,22,25)(H,23,26)/t17-,18?,20-/m0/s1. The molecule has 29 heavy (non-hydrogen) atoms. The Labute approximate surface area is 171 Å². The molecule has 1 heterocycles. The largest absolute Gasteiger partial charge is 0.445 e. The molecule has 1 saturated heterocycles. The van der Waals surface area contributed by atoms with Crippen LogP contribution >= 0.6 is 0 Å². The van der Waals surface area contributed by atoms with Gasteiger partial charge in [0.25, 0.3) is 0 Å². The summed E-state index contributed by atoms with van der Waals surface area (Å²) >= 11 is 0. The van der Waals surface area contributed by atoms with Gasteiger partial charge >= 0.3 is 12.1 Å². The lowest BCUT2D eigenvalue weighted by atomic mass is 10.0. The van der Waals surface area contributed by atoms with E-state index >= 15 is 0 Å². The Bertz CT molecular complexity index is 704. The first-order chi connectivity index (χ1) is 13.7. The average Bonchev–Trinajstić information content (AvgIpc) is 3.06. The normalized spacial score (nSPS) is 19.5. The van der Waals surface area contributed by atoms with Gasteiger partial charge in [0.15, 0.2) is 0 Å². The van der Waals surface area contributed by atoms with Crippen LogP contribution in [0.2, 0.25) is 0 Å². The molecule has 0 spiro atoms. The fourth-order valence-corrected chi connectivity index (χ4v) is 2.99. The molecule has 1 aliphatic heterocycles. The summed E-state index contributed by atoms with van der Waals surface area (Å²) in [6.45, 7) is 7.68. The van der Waals surface area contributed by atoms with E-state index in [1.165, 1.54) is 6.92 Å². The molecule has 8 nitrogen and oxygen atoms in total. The Morgan fingerprint density at radius 2 is 1.90 bits per heavy atom. The van der Waals surface area contributed by atoms with Gasteiger partial charge in [0.2, 0.25) is 12.2 Å². The highest BCUT2D eigenvalue weighted by Crippen LogP contribution is 2.16. The summed E-state index contributed by atoms with van der Waals surface area (Å²) in [5.74, 6) is -0.668. The van der Waals surface area contributed by atoms with Gasteiger partial charge in [-0.05, 0) is 31.2 Å². The molecular formula is C21H30N2O6. The minimum atomic E-state index is -0.815. The van der Waals surface area contributed by atoms with Gasteiger partial charge in [-0.2, -0.15) is 0 Å². The summed E-state index contributed by atoms with van der Waals surface area (Å²) < 4.78 is 15.7. The molecule has 1 aromatic rings. The number of hydrogen-bond acceptors (Lipinski definition) is 6. The molecule has 0 bridgehead atoms. The molecule has 1 aliphatic rings. The SMILES string of the molecule is CC(=O)O[C@@H]1OCC[C@@H]1NC(=O)C(CC(C)C)NC(=O)OCc1ccc(C)cc1. The van der Waals surface area contributed by atoms with E-state index in [4.69, 9.17) is 14.2 Å². The third kappa shape index (κ3) is 7.73. The lowest BCUT2D eigenvalue weighted by molar-refractivity contribution is -0.170. The minimum Gasteiger partial charge on any atom is -0.445 e. The number of esters is 1. The quantitative estimate of drug-likeness (QED) is 0.643. The Balaban J connectivity index is 1.91. The average molecular weight is 406 g/mol. The first-order valence-corrected chi connectivity index (χ1v) is 9.82. The van der Waals surface area contributed by atoms with E-state index in [9.17, 15) is 14.4 Å². The molecule has 3 atom stereocenters. The number of hydrogen-bond donors (Lipinski definition) is 2. The number of aryl methyl sites for hydroxylation is 1. The number of benzene rings is 1. The van der Waals surface area contributed by atoms with Crippen LogP contribution in [0.15, 0.2) is 24.3 Å². The number of amides is 2. The van der Waals surface area contributed by atoms with Gasteiger partial charge in [0, 0.05) is 6.92 Å². The van der Waals surface area contributed by atoms with Crippen molar-refractivity contribution in [1.29, 1.82) is 0 Å². The first kappa shape index (κ1) is 22.7. The molecule has 0 radical (unpaired) electrons. The summed E-state index contributed by atoms with van der Waals surface area (Å²) in [5, 5.41) is 5.45. The number of nitrogens with one attached hydrogen (secondary N) is 2. The van der Waals surface area contributed by atoms with Gasteiger partial charge in [-0.25, -0.2) is 4.79 Å². The van der Waals surface area contributed by atoms with Crippen LogP contribution in [0, 0.1) is 12.8 Å². The van der Waals surface area contributed by atoms with Crippen molar-refractivity contribution in [3.05, 3.63) is 35.4 Å². The van der Waals surface area contributed by atoms with Crippen LogP contribution in [-0.2, 0) is 30.4 Å². The maximum atomic E-state index is 12.7. The van der Waals surface area contributed by atoms with Crippen LogP contribution in [-0.4, -0.2) is 43.0 Å². The zero-order valence-corrected chi connectivity index (χ0v) is 17.4. The fraction of sp³-hybridized carbons (Fsp3) is 0.571. The van der Waals surface area contributed by atoms with Crippen LogP contribution in [0.3, 0.4) is 0 Å². The van der Waals surface area contributed by atoms with Crippen molar-refractivity contribution in [3.63, 3.8) is 0 Å². The molecule has 8 heteroatoms. The number of carbonyl (C=O) groups excluding carboxylic acids is 3. The highest BCUT2D eigenvalue weighted by Gasteiger charge is 2.34. The molecule has 2 amide bonds. The van der Waals surface area contributed by atoms with Gasteiger partial charge in [-0.15, -0.1) is 0 Å². The van der Waals surface area contributed by atoms with E-state index in [1.807, 2.05) is 45.0 Å². The van der Waals surface area contributed by atoms with Crippen molar-refractivity contribution in [2.75, 3.05) is 6.61 Å². The van der Waals surface area contributed by atoms with Crippen molar-refractivity contribution in [3.8, 4) is 0 Å². The molecular weight excluding hydrogens is 376 g/mol. The van der Waals surface area contributed by atoms with Crippen LogP contribution in [0.1, 0.15) is 44.7 Å². The highest BCUT2D eigenvalue weighted by atomic mass is 16.7. The van der Waals surface area contributed by atoms with Gasteiger partial charge in [-0.1, -0.05) is 43.7 Å². The lowest BCUT2D eigenvalue weighted by Gasteiger charge is -2.24. The second kappa shape index (κ2) is 10.8. The number of carbonyl (C=O) groups is 3. The van der Waals surface area contributed by atoms with E-state index < -0.39 is 30.4 Å². The van der Waals surface area contributed by atoms with Crippen molar-refractivity contribution < 1.29 is 28.6 Å². The first-order valence-electron chi connectivity index (χ1n) is 9.82. The molecule has 2 rings (SSSR count). The monoisotopic (exact) mass is 406 g/mol. The summed E-state index contributed by atoms with van der Waals surface area (Å²) in [4.78, 5) is 36.1. The van der Waals surface area contributed by atoms with Gasteiger partial charge < -0.3 is 24.8 Å². The smallest absolute Gasteiger partial charge is 0.408 e. The van der Waals surface area contributed by atoms with Crippen LogP contribution in [0.4, 0.5) is 4.79 Å². The maximum absolute atomic E-state index is 12.7. The molecule has 1 unspecified atom stereocenters. The van der Waals surface area contributed by atoms with E-state index in [0.29, 0.717) is 19.4 Å². The lowest BCUT2D eigenvalue weighted by Crippen LogP contribution is -2.52. The minimum absolute atomic E-state index is 0.118. The Kier molecular flexibility index (Phi) is 8.45. The number of alkyl carbamates (subject to hydrolysis) is 1. The molecule has 0 saturated carbocycles. The summed E-state index contributed by atoms with van der Waals surface area (Å²) in [6, 6.07) is 6.43. The maximum Gasteiger partial charge on any atom is 0.408 e. The zero-order chi connectivity index (χ0) is 21.4. The van der Waals surface area contributed by atoms with Crippen molar-refractivity contribution >= 4 is 18.0 Å². The third-order valence-electron chi connectivity index (χ3n) is 4.46. The van der Waals surface area contributed by atoms with Gasteiger partial charge in [-0.3, -0.25) is 9.59 Å². The Morgan fingerprint density at radius 3 is 2.52 bits per heavy atom. The Morgan fingerprint density at radius 1 is 1.21 bits per heavy atom. The highest BCUT2D eigenvalue weighted by molar-refractivity contribution is 5.85. The van der Waals surface area contributed by atoms with E-state index in [-0.39, 0.29) is 18.4 Å². The molecule has 0 aliphatic carbocycles. The van der Waals surface area contributed by atoms with Crippen LogP contribution in [0.25, 0.3) is 0 Å². The van der Waals surface area contributed by atoms with E-state index in [0.717, 1.165) is 11.1 Å². The van der Waals surface area contributed by atoms with Crippen molar-refractivity contribution in [2.24, 2.45) is 5.92 Å². The van der Waals surface area contributed by atoms with E-state index in [1.54, 1.807) is 0 Å². The van der Waals surface area contributed by atoms with Crippen molar-refractivity contribution in [2.45, 2.75) is 65.5 Å². The second-order valence-electron chi connectivity index (χ2n) is 7.64. The fourth-order valence-electron chi connectivity index (χ4n) is 2.99. The number of rotatable bonds is 8. The summed E-state index contributed by atoms with van der Waals surface area (Å²) in [5.41, 5.74) is 1.98. The predicted molar refractivity (Wildman–Crippen MR) is 106 cm³/mol. The molecule has 1 fully saturated rings. The topological polar surface area (TPSA) is 103 Å². The zero-order valence-electron chi connectivity index (χ0n) is 17.4. The van der Waals surface area contributed by atoms with Crippen molar-refractivity contribution in [1.82, 2.24) is 10.6 Å². The van der Waals surface area contributed by atoms with Crippen LogP contribution < -0.4 is 10.6 Å². The third-order valence-corrected chi connectivity index (χ3v) is 4.46.